The Kier molecular flexibility index (Phi) is 4.12. The first-order chi connectivity index (χ1) is 10.7. The predicted octanol–water partition coefficient (Wildman–Crippen LogP) is 3.92. The standard InChI is InChI=1S/C17H14BrN3O/c1-22-14-4-2-12(3-5-14)10-21-11-20-17-15(18)8-13(6-7-19)9-16(17)21/h2-5,8-9,11H,6,10H2,1H3. The SMILES string of the molecule is COc1ccc(Cn2cnc3c(Br)cc(CC#N)cc32)cc1. The maximum absolute atomic E-state index is 8.89. The third-order valence-corrected chi connectivity index (χ3v) is 4.14. The van der Waals surface area contributed by atoms with Crippen molar-refractivity contribution in [2.75, 3.05) is 7.11 Å². The van der Waals surface area contributed by atoms with E-state index in [-0.39, 0.29) is 0 Å². The molecule has 1 aromatic heterocycles. The molecule has 0 aliphatic heterocycles. The molecule has 3 rings (SSSR count). The molecule has 22 heavy (non-hydrogen) atoms. The van der Waals surface area contributed by atoms with Gasteiger partial charge in [0.1, 0.15) is 11.3 Å². The summed E-state index contributed by atoms with van der Waals surface area (Å²) >= 11 is 3.53. The quantitative estimate of drug-likeness (QED) is 0.712. The zero-order valence-corrected chi connectivity index (χ0v) is 13.7. The molecule has 2 aromatic carbocycles. The Bertz CT molecular complexity index is 847. The summed E-state index contributed by atoms with van der Waals surface area (Å²) in [5, 5.41) is 8.89. The van der Waals surface area contributed by atoms with Crippen molar-refractivity contribution in [3.05, 3.63) is 58.3 Å². The van der Waals surface area contributed by atoms with Crippen molar-refractivity contribution >= 4 is 27.0 Å². The fourth-order valence-electron chi connectivity index (χ4n) is 2.42. The molecule has 0 unspecified atom stereocenters. The molecule has 0 N–H and O–H groups in total. The molecule has 4 nitrogen and oxygen atoms in total. The van der Waals surface area contributed by atoms with Crippen molar-refractivity contribution in [2.24, 2.45) is 0 Å². The van der Waals surface area contributed by atoms with Gasteiger partial charge in [-0.15, -0.1) is 0 Å². The highest BCUT2D eigenvalue weighted by molar-refractivity contribution is 9.10. The first kappa shape index (κ1) is 14.6. The maximum Gasteiger partial charge on any atom is 0.118 e. The van der Waals surface area contributed by atoms with Crippen LogP contribution >= 0.6 is 15.9 Å². The highest BCUT2D eigenvalue weighted by atomic mass is 79.9. The van der Waals surface area contributed by atoms with Crippen LogP contribution in [0.4, 0.5) is 0 Å². The van der Waals surface area contributed by atoms with Crippen LogP contribution in [-0.4, -0.2) is 16.7 Å². The van der Waals surface area contributed by atoms with Gasteiger partial charge in [0.25, 0.3) is 0 Å². The first-order valence-corrected chi connectivity index (χ1v) is 7.63. The van der Waals surface area contributed by atoms with Crippen LogP contribution < -0.4 is 4.74 Å². The van der Waals surface area contributed by atoms with E-state index < -0.39 is 0 Å². The summed E-state index contributed by atoms with van der Waals surface area (Å²) in [5.41, 5.74) is 4.09. The van der Waals surface area contributed by atoms with Gasteiger partial charge in [-0.25, -0.2) is 4.98 Å². The van der Waals surface area contributed by atoms with E-state index >= 15 is 0 Å². The Morgan fingerprint density at radius 2 is 2.00 bits per heavy atom. The molecule has 0 fully saturated rings. The summed E-state index contributed by atoms with van der Waals surface area (Å²) in [6.45, 7) is 0.725. The van der Waals surface area contributed by atoms with E-state index in [2.05, 4.69) is 31.6 Å². The van der Waals surface area contributed by atoms with Gasteiger partial charge in [0.2, 0.25) is 0 Å². The van der Waals surface area contributed by atoms with Gasteiger partial charge >= 0.3 is 0 Å². The summed E-state index contributed by atoms with van der Waals surface area (Å²) in [7, 11) is 1.66. The number of aromatic nitrogens is 2. The molecule has 0 amide bonds. The van der Waals surface area contributed by atoms with Crippen molar-refractivity contribution in [1.82, 2.24) is 9.55 Å². The lowest BCUT2D eigenvalue weighted by Crippen LogP contribution is -1.98. The maximum atomic E-state index is 8.89. The Morgan fingerprint density at radius 3 is 2.68 bits per heavy atom. The van der Waals surface area contributed by atoms with E-state index in [1.54, 1.807) is 7.11 Å². The lowest BCUT2D eigenvalue weighted by molar-refractivity contribution is 0.414. The van der Waals surface area contributed by atoms with Gasteiger partial charge in [-0.1, -0.05) is 12.1 Å². The second kappa shape index (κ2) is 6.20. The fourth-order valence-corrected chi connectivity index (χ4v) is 3.02. The first-order valence-electron chi connectivity index (χ1n) is 6.84. The minimum Gasteiger partial charge on any atom is -0.497 e. The molecular formula is C17H14BrN3O. The Hall–Kier alpha value is -2.32. The van der Waals surface area contributed by atoms with Crippen molar-refractivity contribution in [2.45, 2.75) is 13.0 Å². The zero-order valence-electron chi connectivity index (χ0n) is 12.1. The molecule has 5 heteroatoms. The minimum absolute atomic E-state index is 0.391. The highest BCUT2D eigenvalue weighted by Crippen LogP contribution is 2.26. The second-order valence-corrected chi connectivity index (χ2v) is 5.86. The number of fused-ring (bicyclic) bond motifs is 1. The van der Waals surface area contributed by atoms with E-state index in [1.165, 1.54) is 5.56 Å². The molecule has 0 radical (unpaired) electrons. The molecule has 0 bridgehead atoms. The van der Waals surface area contributed by atoms with Crippen LogP contribution in [0.2, 0.25) is 0 Å². The number of halogens is 1. The second-order valence-electron chi connectivity index (χ2n) is 5.00. The van der Waals surface area contributed by atoms with Crippen LogP contribution in [0.15, 0.2) is 47.2 Å². The molecular weight excluding hydrogens is 342 g/mol. The van der Waals surface area contributed by atoms with Gasteiger partial charge in [-0.3, -0.25) is 0 Å². The zero-order chi connectivity index (χ0) is 15.5. The summed E-state index contributed by atoms with van der Waals surface area (Å²) in [6.07, 6.45) is 2.22. The van der Waals surface area contributed by atoms with Crippen molar-refractivity contribution in [3.63, 3.8) is 0 Å². The van der Waals surface area contributed by atoms with E-state index in [0.29, 0.717) is 6.42 Å². The van der Waals surface area contributed by atoms with Gasteiger partial charge in [0, 0.05) is 11.0 Å². The Morgan fingerprint density at radius 1 is 1.23 bits per heavy atom. The van der Waals surface area contributed by atoms with E-state index in [4.69, 9.17) is 10.00 Å². The van der Waals surface area contributed by atoms with E-state index in [9.17, 15) is 0 Å². The van der Waals surface area contributed by atoms with Crippen molar-refractivity contribution in [3.8, 4) is 11.8 Å². The highest BCUT2D eigenvalue weighted by Gasteiger charge is 2.09. The smallest absolute Gasteiger partial charge is 0.118 e. The van der Waals surface area contributed by atoms with Crippen molar-refractivity contribution < 1.29 is 4.74 Å². The molecule has 0 aliphatic rings. The molecule has 0 aliphatic carbocycles. The third-order valence-electron chi connectivity index (χ3n) is 3.53. The number of benzene rings is 2. The van der Waals surface area contributed by atoms with Gasteiger partial charge < -0.3 is 9.30 Å². The number of hydrogen-bond donors (Lipinski definition) is 0. The monoisotopic (exact) mass is 355 g/mol. The summed E-state index contributed by atoms with van der Waals surface area (Å²) in [4.78, 5) is 4.46. The number of nitrogens with zero attached hydrogens (tertiary/aromatic N) is 3. The lowest BCUT2D eigenvalue weighted by atomic mass is 10.1. The van der Waals surface area contributed by atoms with Crippen LogP contribution in [0.5, 0.6) is 5.75 Å². The average Bonchev–Trinajstić information content (AvgIpc) is 2.92. The van der Waals surface area contributed by atoms with Crippen LogP contribution in [-0.2, 0) is 13.0 Å². The molecule has 110 valence electrons. The van der Waals surface area contributed by atoms with Crippen LogP contribution in [0.1, 0.15) is 11.1 Å². The predicted molar refractivity (Wildman–Crippen MR) is 88.8 cm³/mol. The average molecular weight is 356 g/mol. The fraction of sp³-hybridized carbons (Fsp3) is 0.176. The number of imidazole rings is 1. The Balaban J connectivity index is 1.97. The lowest BCUT2D eigenvalue weighted by Gasteiger charge is -2.07. The molecule has 0 atom stereocenters. The largest absolute Gasteiger partial charge is 0.497 e. The number of nitriles is 1. The normalized spacial score (nSPS) is 10.6. The van der Waals surface area contributed by atoms with Gasteiger partial charge in [-0.05, 0) is 51.3 Å². The molecule has 0 saturated carbocycles. The number of hydrogen-bond acceptors (Lipinski definition) is 3. The topological polar surface area (TPSA) is 50.8 Å². The number of rotatable bonds is 4. The minimum atomic E-state index is 0.391. The van der Waals surface area contributed by atoms with E-state index in [0.717, 1.165) is 33.4 Å². The number of ether oxygens (including phenoxy) is 1. The van der Waals surface area contributed by atoms with E-state index in [1.807, 2.05) is 42.7 Å². The van der Waals surface area contributed by atoms with Gasteiger partial charge in [-0.2, -0.15) is 5.26 Å². The molecule has 1 heterocycles. The van der Waals surface area contributed by atoms with Crippen LogP contribution in [0.3, 0.4) is 0 Å². The van der Waals surface area contributed by atoms with Crippen molar-refractivity contribution in [1.29, 1.82) is 5.26 Å². The summed E-state index contributed by atoms with van der Waals surface area (Å²) < 4.78 is 8.18. The van der Waals surface area contributed by atoms with Gasteiger partial charge in [0.15, 0.2) is 0 Å². The van der Waals surface area contributed by atoms with Crippen LogP contribution in [0, 0.1) is 11.3 Å². The third kappa shape index (κ3) is 2.83. The molecule has 0 spiro atoms. The number of methoxy groups -OCH3 is 1. The van der Waals surface area contributed by atoms with Crippen LogP contribution in [0.25, 0.3) is 11.0 Å². The summed E-state index contributed by atoms with van der Waals surface area (Å²) in [6, 6.07) is 14.1. The Labute approximate surface area is 137 Å². The summed E-state index contributed by atoms with van der Waals surface area (Å²) in [5.74, 6) is 0.846. The molecule has 0 saturated heterocycles. The molecule has 3 aromatic rings. The van der Waals surface area contributed by atoms with Gasteiger partial charge in [0.05, 0.1) is 31.4 Å².